The highest BCUT2D eigenvalue weighted by atomic mass is 16.8. The highest BCUT2D eigenvalue weighted by Crippen LogP contribution is 2.02. The van der Waals surface area contributed by atoms with Crippen LogP contribution in [0, 0.1) is 0 Å². The Hall–Kier alpha value is -1.46. The van der Waals surface area contributed by atoms with Crippen LogP contribution in [0.1, 0.15) is 20.3 Å². The van der Waals surface area contributed by atoms with Crippen molar-refractivity contribution in [2.75, 3.05) is 13.2 Å². The van der Waals surface area contributed by atoms with Crippen LogP contribution in [0.5, 0.6) is 0 Å². The Balaban J connectivity index is 0.000000241. The summed E-state index contributed by atoms with van der Waals surface area (Å²) in [6.45, 7) is 4.34. The van der Waals surface area contributed by atoms with Gasteiger partial charge in [-0.15, -0.1) is 0 Å². The van der Waals surface area contributed by atoms with Crippen LogP contribution in [0.15, 0.2) is 0 Å². The molecular formula is C8H14O6. The van der Waals surface area contributed by atoms with E-state index in [1.165, 1.54) is 0 Å². The Morgan fingerprint density at radius 2 is 2.36 bits per heavy atom. The fraction of sp³-hybridized carbons (Fsp3) is 0.750. The van der Waals surface area contributed by atoms with Crippen LogP contribution in [-0.4, -0.2) is 36.7 Å². The van der Waals surface area contributed by atoms with E-state index >= 15 is 0 Å². The maximum absolute atomic E-state index is 10.0. The quantitative estimate of drug-likeness (QED) is 0.691. The summed E-state index contributed by atoms with van der Waals surface area (Å²) in [5.74, 6) is 0. The molecule has 1 aliphatic rings. The first-order valence-electron chi connectivity index (χ1n) is 4.25. The molecule has 0 aromatic rings. The molecular weight excluding hydrogens is 192 g/mol. The minimum Gasteiger partial charge on any atom is -0.450 e. The van der Waals surface area contributed by atoms with E-state index in [1.807, 2.05) is 6.92 Å². The van der Waals surface area contributed by atoms with Crippen LogP contribution in [0.3, 0.4) is 0 Å². The molecule has 6 nitrogen and oxygen atoms in total. The van der Waals surface area contributed by atoms with Crippen molar-refractivity contribution >= 4 is 12.3 Å². The van der Waals surface area contributed by atoms with Crippen molar-refractivity contribution in [3.63, 3.8) is 0 Å². The van der Waals surface area contributed by atoms with E-state index in [0.717, 1.165) is 6.42 Å². The van der Waals surface area contributed by atoms with Crippen molar-refractivity contribution in [3.8, 4) is 0 Å². The number of carbonyl (C=O) groups excluding carboxylic acids is 1. The monoisotopic (exact) mass is 206 g/mol. The van der Waals surface area contributed by atoms with Gasteiger partial charge in [0.1, 0.15) is 12.7 Å². The predicted octanol–water partition coefficient (Wildman–Crippen LogP) is 1.63. The smallest absolute Gasteiger partial charge is 0.450 e. The molecule has 0 aromatic carbocycles. The standard InChI is InChI=1S/C4H6O3.C4H8O3/c1-3-2-6-4(5)7-3;1-2-3-7-4(5)6/h3H,2H2,1H3;2-3H2,1H3,(H,5,6). The first-order valence-corrected chi connectivity index (χ1v) is 4.25. The van der Waals surface area contributed by atoms with Gasteiger partial charge in [0.2, 0.25) is 0 Å². The molecule has 1 N–H and O–H groups in total. The van der Waals surface area contributed by atoms with Gasteiger partial charge in [0.25, 0.3) is 0 Å². The first kappa shape index (κ1) is 12.5. The van der Waals surface area contributed by atoms with E-state index in [1.54, 1.807) is 6.92 Å². The maximum atomic E-state index is 10.0. The number of carboxylic acid groups (broad SMARTS) is 1. The SMILES string of the molecule is CC1COC(=O)O1.CCCOC(=O)O. The molecule has 1 rings (SSSR count). The van der Waals surface area contributed by atoms with Gasteiger partial charge >= 0.3 is 12.3 Å². The van der Waals surface area contributed by atoms with Crippen molar-refractivity contribution in [2.24, 2.45) is 0 Å². The van der Waals surface area contributed by atoms with E-state index in [-0.39, 0.29) is 6.10 Å². The Morgan fingerprint density at radius 1 is 1.71 bits per heavy atom. The number of hydrogen-bond acceptors (Lipinski definition) is 5. The number of cyclic esters (lactones) is 2. The molecule has 0 bridgehead atoms. The fourth-order valence-electron chi connectivity index (χ4n) is 0.607. The van der Waals surface area contributed by atoms with Gasteiger partial charge in [0.05, 0.1) is 6.61 Å². The number of ether oxygens (including phenoxy) is 3. The summed E-state index contributed by atoms with van der Waals surface area (Å²) in [6, 6.07) is 0. The summed E-state index contributed by atoms with van der Waals surface area (Å²) < 4.78 is 13.0. The molecule has 6 heteroatoms. The molecule has 0 saturated carbocycles. The lowest BCUT2D eigenvalue weighted by molar-refractivity contribution is 0.0917. The van der Waals surface area contributed by atoms with Gasteiger partial charge in [0.15, 0.2) is 0 Å². The number of carbonyl (C=O) groups is 2. The fourth-order valence-corrected chi connectivity index (χ4v) is 0.607. The molecule has 14 heavy (non-hydrogen) atoms. The lowest BCUT2D eigenvalue weighted by atomic mass is 10.5. The van der Waals surface area contributed by atoms with Crippen LogP contribution in [0.4, 0.5) is 9.59 Å². The minimum atomic E-state index is -1.19. The van der Waals surface area contributed by atoms with E-state index in [4.69, 9.17) is 5.11 Å². The van der Waals surface area contributed by atoms with Crippen molar-refractivity contribution < 1.29 is 28.9 Å². The van der Waals surface area contributed by atoms with Crippen LogP contribution >= 0.6 is 0 Å². The predicted molar refractivity (Wildman–Crippen MR) is 46.2 cm³/mol. The third-order valence-electron chi connectivity index (χ3n) is 1.16. The van der Waals surface area contributed by atoms with Gasteiger partial charge in [-0.05, 0) is 13.3 Å². The molecule has 1 heterocycles. The van der Waals surface area contributed by atoms with E-state index < -0.39 is 12.3 Å². The molecule has 1 fully saturated rings. The molecule has 1 atom stereocenters. The van der Waals surface area contributed by atoms with Crippen molar-refractivity contribution in [3.05, 3.63) is 0 Å². The Labute approximate surface area is 81.8 Å². The third-order valence-corrected chi connectivity index (χ3v) is 1.16. The molecule has 0 aliphatic carbocycles. The minimum absolute atomic E-state index is 0.0486. The maximum Gasteiger partial charge on any atom is 0.508 e. The molecule has 0 amide bonds. The van der Waals surface area contributed by atoms with Crippen LogP contribution in [0.25, 0.3) is 0 Å². The van der Waals surface area contributed by atoms with E-state index in [9.17, 15) is 9.59 Å². The number of rotatable bonds is 2. The summed E-state index contributed by atoms with van der Waals surface area (Å²) >= 11 is 0. The zero-order valence-electron chi connectivity index (χ0n) is 8.19. The average molecular weight is 206 g/mol. The normalized spacial score (nSPS) is 18.7. The van der Waals surface area contributed by atoms with Crippen LogP contribution in [-0.2, 0) is 14.2 Å². The Morgan fingerprint density at radius 3 is 2.50 bits per heavy atom. The van der Waals surface area contributed by atoms with Gasteiger partial charge < -0.3 is 19.3 Å². The second-order valence-corrected chi connectivity index (χ2v) is 2.60. The number of hydrogen-bond donors (Lipinski definition) is 1. The van der Waals surface area contributed by atoms with Gasteiger partial charge in [0, 0.05) is 0 Å². The summed E-state index contributed by atoms with van der Waals surface area (Å²) in [4.78, 5) is 19.5. The molecule has 0 spiro atoms. The van der Waals surface area contributed by atoms with Crippen molar-refractivity contribution in [1.82, 2.24) is 0 Å². The van der Waals surface area contributed by atoms with Crippen LogP contribution < -0.4 is 0 Å². The van der Waals surface area contributed by atoms with Gasteiger partial charge in [-0.25, -0.2) is 9.59 Å². The molecule has 0 radical (unpaired) electrons. The Bertz CT molecular complexity index is 190. The lowest BCUT2D eigenvalue weighted by Gasteiger charge is -1.91. The largest absolute Gasteiger partial charge is 0.508 e. The Kier molecular flexibility index (Phi) is 6.26. The van der Waals surface area contributed by atoms with Gasteiger partial charge in [-0.2, -0.15) is 0 Å². The van der Waals surface area contributed by atoms with Crippen molar-refractivity contribution in [1.29, 1.82) is 0 Å². The van der Waals surface area contributed by atoms with Gasteiger partial charge in [-0.1, -0.05) is 6.92 Å². The van der Waals surface area contributed by atoms with Gasteiger partial charge in [-0.3, -0.25) is 0 Å². The summed E-state index contributed by atoms with van der Waals surface area (Å²) in [6.07, 6.45) is -1.05. The third kappa shape index (κ3) is 7.20. The summed E-state index contributed by atoms with van der Waals surface area (Å²) in [5, 5.41) is 7.82. The second-order valence-electron chi connectivity index (χ2n) is 2.60. The first-order chi connectivity index (χ1) is 6.56. The zero-order valence-corrected chi connectivity index (χ0v) is 8.19. The zero-order chi connectivity index (χ0) is 11.0. The lowest BCUT2D eigenvalue weighted by Crippen LogP contribution is -2.01. The van der Waals surface area contributed by atoms with E-state index in [0.29, 0.717) is 13.2 Å². The summed E-state index contributed by atoms with van der Waals surface area (Å²) in [5.41, 5.74) is 0. The molecule has 1 aliphatic heterocycles. The average Bonchev–Trinajstić information content (AvgIpc) is 2.47. The molecule has 1 saturated heterocycles. The second kappa shape index (κ2) is 6.99. The highest BCUT2D eigenvalue weighted by molar-refractivity contribution is 5.61. The van der Waals surface area contributed by atoms with Crippen molar-refractivity contribution in [2.45, 2.75) is 26.4 Å². The topological polar surface area (TPSA) is 82.1 Å². The van der Waals surface area contributed by atoms with E-state index in [2.05, 4.69) is 14.2 Å². The molecule has 1 unspecified atom stereocenters. The molecule has 0 aromatic heterocycles. The van der Waals surface area contributed by atoms with Crippen LogP contribution in [0.2, 0.25) is 0 Å². The summed E-state index contributed by atoms with van der Waals surface area (Å²) in [7, 11) is 0. The highest BCUT2D eigenvalue weighted by Gasteiger charge is 2.19. The molecule has 82 valence electrons.